The fraction of sp³-hybridized carbons (Fsp3) is 0.417. The Balaban J connectivity index is 1.55. The molecule has 1 saturated heterocycles. The van der Waals surface area contributed by atoms with Gasteiger partial charge in [-0.2, -0.15) is 0 Å². The van der Waals surface area contributed by atoms with E-state index < -0.39 is 63.3 Å². The summed E-state index contributed by atoms with van der Waals surface area (Å²) in [5.41, 5.74) is 0.0176. The van der Waals surface area contributed by atoms with Crippen LogP contribution < -0.4 is 4.72 Å². The van der Waals surface area contributed by atoms with E-state index >= 15 is 4.39 Å². The number of carbonyl (C=O) groups excluding carboxylic acids is 1. The Labute approximate surface area is 190 Å². The zero-order chi connectivity index (χ0) is 23.5. The lowest BCUT2D eigenvalue weighted by Crippen LogP contribution is -2.49. The molecule has 1 amide bonds. The van der Waals surface area contributed by atoms with E-state index in [-0.39, 0.29) is 24.1 Å². The summed E-state index contributed by atoms with van der Waals surface area (Å²) >= 11 is 0. The lowest BCUT2D eigenvalue weighted by atomic mass is 9.91. The maximum Gasteiger partial charge on any atom is 0.228 e. The summed E-state index contributed by atoms with van der Waals surface area (Å²) in [6.07, 6.45) is 0.348. The smallest absolute Gasteiger partial charge is 0.228 e. The zero-order valence-electron chi connectivity index (χ0n) is 18.0. The molecule has 0 aromatic heterocycles. The van der Waals surface area contributed by atoms with Crippen LogP contribution in [0.25, 0.3) is 11.1 Å². The number of alkyl halides is 2. The maximum absolute atomic E-state index is 15.5. The Morgan fingerprint density at radius 3 is 2.64 bits per heavy atom. The molecule has 5 atom stereocenters. The molecule has 2 fully saturated rings. The van der Waals surface area contributed by atoms with Crippen molar-refractivity contribution in [3.05, 3.63) is 59.7 Å². The summed E-state index contributed by atoms with van der Waals surface area (Å²) in [5.74, 6) is -2.57. The van der Waals surface area contributed by atoms with E-state index in [0.29, 0.717) is 16.8 Å². The third-order valence-corrected chi connectivity index (χ3v) is 9.46. The van der Waals surface area contributed by atoms with Crippen molar-refractivity contribution >= 4 is 20.5 Å². The summed E-state index contributed by atoms with van der Waals surface area (Å²) < 4.78 is 72.8. The average Bonchev–Trinajstić information content (AvgIpc) is 3.42. The fourth-order valence-electron chi connectivity index (χ4n) is 5.41. The van der Waals surface area contributed by atoms with Crippen LogP contribution >= 0.6 is 0 Å². The molecular weight excluding hydrogens is 456 g/mol. The summed E-state index contributed by atoms with van der Waals surface area (Å²) in [6.45, 7) is 0.793. The second-order valence-corrected chi connectivity index (χ2v) is 11.5. The number of likely N-dealkylation sites (tertiary alicyclic amines) is 1. The van der Waals surface area contributed by atoms with Crippen molar-refractivity contribution in [3.63, 3.8) is 0 Å². The highest BCUT2D eigenvalue weighted by Gasteiger charge is 2.70. The number of nitrogens with one attached hydrogen (secondary N) is 1. The number of benzene rings is 2. The van der Waals surface area contributed by atoms with E-state index in [0.717, 1.165) is 12.1 Å². The first-order valence-corrected chi connectivity index (χ1v) is 12.6. The number of rotatable bonds is 6. The Bertz CT molecular complexity index is 1240. The molecule has 2 heterocycles. The van der Waals surface area contributed by atoms with E-state index in [1.54, 1.807) is 30.3 Å². The van der Waals surface area contributed by atoms with Crippen LogP contribution in [0.5, 0.6) is 0 Å². The van der Waals surface area contributed by atoms with Crippen LogP contribution in [0.1, 0.15) is 18.9 Å². The summed E-state index contributed by atoms with van der Waals surface area (Å²) in [7, 11) is -3.01. The van der Waals surface area contributed by atoms with Crippen molar-refractivity contribution in [1.29, 1.82) is 0 Å². The molecule has 9 heteroatoms. The molecule has 3 aliphatic rings. The quantitative estimate of drug-likeness (QED) is 0.507. The van der Waals surface area contributed by atoms with Crippen LogP contribution in [0.15, 0.2) is 42.5 Å². The monoisotopic (exact) mass is 480 g/mol. The van der Waals surface area contributed by atoms with Gasteiger partial charge in [0.25, 0.3) is 0 Å². The first-order valence-electron chi connectivity index (χ1n) is 10.9. The second kappa shape index (κ2) is 7.84. The fourth-order valence-corrected chi connectivity index (χ4v) is 7.88. The number of carbonyl (C=O) groups is 1. The summed E-state index contributed by atoms with van der Waals surface area (Å²) in [6, 6.07) is 8.45. The molecule has 2 aromatic rings. The molecule has 0 radical (unpaired) electrons. The highest BCUT2D eigenvalue weighted by Crippen LogP contribution is 2.57. The third kappa shape index (κ3) is 3.39. The van der Waals surface area contributed by atoms with Gasteiger partial charge in [-0.1, -0.05) is 37.3 Å². The molecule has 1 spiro atoms. The normalized spacial score (nSPS) is 30.8. The number of nitrogens with zero attached hydrogens (tertiary/aromatic N) is 1. The van der Waals surface area contributed by atoms with E-state index in [4.69, 9.17) is 0 Å². The van der Waals surface area contributed by atoms with Gasteiger partial charge in [0.1, 0.15) is 18.3 Å². The molecule has 5 rings (SSSR count). The predicted octanol–water partition coefficient (Wildman–Crippen LogP) is 3.65. The first kappa shape index (κ1) is 22.4. The van der Waals surface area contributed by atoms with Gasteiger partial charge < -0.3 is 4.90 Å². The van der Waals surface area contributed by atoms with Gasteiger partial charge in [-0.25, -0.2) is 22.1 Å². The molecule has 2 aliphatic heterocycles. The summed E-state index contributed by atoms with van der Waals surface area (Å²) in [5, 5.41) is 0. The van der Waals surface area contributed by atoms with Crippen molar-refractivity contribution < 1.29 is 26.6 Å². The SMILES string of the molecule is C[C@@H](CF)C(=O)N1CC23CC2=S(=O)(CF)NC3[C@@H]1Cc1cc(F)cc(-c2ccccc2)c1F. The van der Waals surface area contributed by atoms with Gasteiger partial charge >= 0.3 is 0 Å². The molecule has 176 valence electrons. The van der Waals surface area contributed by atoms with Crippen molar-refractivity contribution in [2.45, 2.75) is 31.8 Å². The van der Waals surface area contributed by atoms with Gasteiger partial charge in [0, 0.05) is 22.4 Å². The van der Waals surface area contributed by atoms with Gasteiger partial charge in [-0.15, -0.1) is 0 Å². The lowest BCUT2D eigenvalue weighted by molar-refractivity contribution is -0.136. The molecular formula is C24H24F4N2O2S. The van der Waals surface area contributed by atoms with Gasteiger partial charge in [-0.3, -0.25) is 9.18 Å². The van der Waals surface area contributed by atoms with Gasteiger partial charge in [0.2, 0.25) is 5.91 Å². The van der Waals surface area contributed by atoms with Crippen molar-refractivity contribution in [2.24, 2.45) is 11.3 Å². The molecule has 2 aromatic carbocycles. The summed E-state index contributed by atoms with van der Waals surface area (Å²) in [4.78, 5) is 15.0. The van der Waals surface area contributed by atoms with Crippen LogP contribution in [-0.2, 0) is 20.9 Å². The van der Waals surface area contributed by atoms with Crippen LogP contribution in [0, 0.1) is 23.0 Å². The Morgan fingerprint density at radius 1 is 1.24 bits per heavy atom. The Kier molecular flexibility index (Phi) is 5.32. The number of hydrogen-bond acceptors (Lipinski definition) is 2. The minimum Gasteiger partial charge on any atom is -0.336 e. The topological polar surface area (TPSA) is 49.4 Å². The standard InChI is InChI=1S/C24H24F4N2O2S/c1-14(11-25)23(31)30-12-24-10-20(24)33(32,13-26)29-22(24)19(30)8-16-7-17(27)9-18(21(16)28)15-5-3-2-4-6-15/h2-7,9,14,19,22H,8,10-13H2,1H3,(H,29,32)/t14-,19-,22?,24?,33?/m0/s1. The van der Waals surface area contributed by atoms with Crippen LogP contribution in [0.2, 0.25) is 0 Å². The predicted molar refractivity (Wildman–Crippen MR) is 119 cm³/mol. The number of amides is 1. The van der Waals surface area contributed by atoms with Crippen LogP contribution in [-0.4, -0.2) is 51.2 Å². The van der Waals surface area contributed by atoms with Crippen molar-refractivity contribution in [1.82, 2.24) is 9.62 Å². The zero-order valence-corrected chi connectivity index (χ0v) is 18.8. The molecule has 1 saturated carbocycles. The van der Waals surface area contributed by atoms with Gasteiger partial charge in [-0.05, 0) is 36.1 Å². The highest BCUT2D eigenvalue weighted by atomic mass is 32.2. The third-order valence-electron chi connectivity index (χ3n) is 7.17. The van der Waals surface area contributed by atoms with Crippen molar-refractivity contribution in [2.75, 3.05) is 19.2 Å². The maximum atomic E-state index is 15.5. The minimum absolute atomic E-state index is 0.0595. The molecule has 1 aliphatic carbocycles. The minimum atomic E-state index is -3.01. The van der Waals surface area contributed by atoms with E-state index in [1.807, 2.05) is 0 Å². The van der Waals surface area contributed by atoms with Gasteiger partial charge in [0.15, 0.2) is 6.01 Å². The first-order chi connectivity index (χ1) is 15.7. The van der Waals surface area contributed by atoms with E-state index in [1.165, 1.54) is 11.8 Å². The lowest BCUT2D eigenvalue weighted by Gasteiger charge is -2.30. The van der Waals surface area contributed by atoms with E-state index in [9.17, 15) is 22.2 Å². The molecule has 3 unspecified atom stereocenters. The van der Waals surface area contributed by atoms with Gasteiger partial charge in [0.05, 0.1) is 27.7 Å². The molecule has 33 heavy (non-hydrogen) atoms. The van der Waals surface area contributed by atoms with Crippen LogP contribution in [0.4, 0.5) is 17.6 Å². The number of halogens is 4. The molecule has 0 bridgehead atoms. The molecule has 1 N–H and O–H groups in total. The van der Waals surface area contributed by atoms with Crippen molar-refractivity contribution in [3.8, 4) is 11.1 Å². The van der Waals surface area contributed by atoms with Crippen LogP contribution in [0.3, 0.4) is 0 Å². The average molecular weight is 481 g/mol. The number of hydrogen-bond donors (Lipinski definition) is 1. The molecule has 4 nitrogen and oxygen atoms in total. The second-order valence-electron chi connectivity index (χ2n) is 9.22. The van der Waals surface area contributed by atoms with E-state index in [2.05, 4.69) is 4.72 Å². The largest absolute Gasteiger partial charge is 0.336 e. The Morgan fingerprint density at radius 2 is 1.97 bits per heavy atom. The highest BCUT2D eigenvalue weighted by molar-refractivity contribution is 8.01. The Hall–Kier alpha value is -2.39.